The summed E-state index contributed by atoms with van der Waals surface area (Å²) in [6, 6.07) is 5.83. The van der Waals surface area contributed by atoms with Gasteiger partial charge in [-0.2, -0.15) is 0 Å². The molecule has 0 amide bonds. The van der Waals surface area contributed by atoms with Gasteiger partial charge in [-0.05, 0) is 32.0 Å². The molecule has 18 heavy (non-hydrogen) atoms. The van der Waals surface area contributed by atoms with E-state index in [1.807, 2.05) is 30.6 Å². The van der Waals surface area contributed by atoms with E-state index in [-0.39, 0.29) is 0 Å². The third-order valence-electron chi connectivity index (χ3n) is 3.04. The average molecular weight is 258 g/mol. The molecule has 0 aliphatic heterocycles. The van der Waals surface area contributed by atoms with Crippen molar-refractivity contribution in [1.82, 2.24) is 14.5 Å². The van der Waals surface area contributed by atoms with Gasteiger partial charge in [0.15, 0.2) is 5.82 Å². The summed E-state index contributed by atoms with van der Waals surface area (Å²) >= 11 is 1.63. The summed E-state index contributed by atoms with van der Waals surface area (Å²) in [6.07, 6.45) is 0. The fourth-order valence-corrected chi connectivity index (χ4v) is 2.95. The van der Waals surface area contributed by atoms with Gasteiger partial charge in [0.1, 0.15) is 0 Å². The highest BCUT2D eigenvalue weighted by molar-refractivity contribution is 7.13. The summed E-state index contributed by atoms with van der Waals surface area (Å²) in [5.74, 6) is 0.984. The van der Waals surface area contributed by atoms with Gasteiger partial charge < -0.3 is 10.3 Å². The van der Waals surface area contributed by atoms with Gasteiger partial charge in [-0.25, -0.2) is 9.97 Å². The molecule has 0 bridgehead atoms. The summed E-state index contributed by atoms with van der Waals surface area (Å²) in [6.45, 7) is 5.00. The fraction of sp³-hybridized carbons (Fsp3) is 0.231. The predicted molar refractivity (Wildman–Crippen MR) is 75.7 cm³/mol. The summed E-state index contributed by atoms with van der Waals surface area (Å²) in [5.41, 5.74) is 11.6. The number of imidazole rings is 1. The van der Waals surface area contributed by atoms with Crippen molar-refractivity contribution in [2.24, 2.45) is 0 Å². The Kier molecular flexibility index (Phi) is 2.56. The van der Waals surface area contributed by atoms with Gasteiger partial charge in [0.05, 0.1) is 27.1 Å². The van der Waals surface area contributed by atoms with E-state index in [2.05, 4.69) is 16.5 Å². The molecule has 2 aromatic heterocycles. The number of aryl methyl sites for hydroxylation is 2. The number of fused-ring (bicyclic) bond motifs is 1. The van der Waals surface area contributed by atoms with Crippen molar-refractivity contribution >= 4 is 28.1 Å². The maximum atomic E-state index is 5.85. The lowest BCUT2D eigenvalue weighted by molar-refractivity contribution is 0.797. The minimum atomic E-state index is 0.768. The number of hydrogen-bond donors (Lipinski definition) is 1. The lowest BCUT2D eigenvalue weighted by Crippen LogP contribution is -1.97. The predicted octanol–water partition coefficient (Wildman–Crippen LogP) is 3.07. The van der Waals surface area contributed by atoms with Crippen LogP contribution in [0.15, 0.2) is 23.7 Å². The van der Waals surface area contributed by atoms with Crippen molar-refractivity contribution in [1.29, 1.82) is 0 Å². The normalized spacial score (nSPS) is 11.2. The summed E-state index contributed by atoms with van der Waals surface area (Å²) in [4.78, 5) is 10.1. The molecular formula is C13H14N4S. The number of anilines is 1. The summed E-state index contributed by atoms with van der Waals surface area (Å²) in [7, 11) is 0. The van der Waals surface area contributed by atoms with Crippen LogP contribution in [0.1, 0.15) is 12.6 Å². The highest BCUT2D eigenvalue weighted by Gasteiger charge is 2.15. The molecule has 0 saturated carbocycles. The van der Waals surface area contributed by atoms with Crippen molar-refractivity contribution in [3.8, 4) is 10.7 Å². The van der Waals surface area contributed by atoms with E-state index in [4.69, 9.17) is 10.7 Å². The fourth-order valence-electron chi connectivity index (χ4n) is 2.15. The molecule has 2 heterocycles. The van der Waals surface area contributed by atoms with Crippen molar-refractivity contribution < 1.29 is 0 Å². The minimum Gasteiger partial charge on any atom is -0.399 e. The molecule has 0 spiro atoms. The summed E-state index contributed by atoms with van der Waals surface area (Å²) < 4.78 is 2.19. The first kappa shape index (κ1) is 11.2. The van der Waals surface area contributed by atoms with Gasteiger partial charge in [-0.3, -0.25) is 0 Å². The van der Waals surface area contributed by atoms with Crippen LogP contribution >= 0.6 is 11.3 Å². The van der Waals surface area contributed by atoms with Crippen LogP contribution in [-0.2, 0) is 6.54 Å². The second kappa shape index (κ2) is 4.10. The molecule has 3 aromatic rings. The zero-order chi connectivity index (χ0) is 12.7. The number of rotatable bonds is 2. The molecule has 0 aliphatic carbocycles. The van der Waals surface area contributed by atoms with Gasteiger partial charge in [0.25, 0.3) is 0 Å². The zero-order valence-electron chi connectivity index (χ0n) is 10.3. The molecule has 0 radical (unpaired) electrons. The van der Waals surface area contributed by atoms with E-state index in [0.717, 1.165) is 39.7 Å². The van der Waals surface area contributed by atoms with Crippen LogP contribution in [0.25, 0.3) is 21.7 Å². The second-order valence-corrected chi connectivity index (χ2v) is 5.05. The number of benzene rings is 1. The number of thiazole rings is 1. The average Bonchev–Trinajstić information content (AvgIpc) is 2.91. The van der Waals surface area contributed by atoms with Crippen LogP contribution in [-0.4, -0.2) is 14.5 Å². The maximum absolute atomic E-state index is 5.85. The van der Waals surface area contributed by atoms with Crippen LogP contribution in [0.4, 0.5) is 5.69 Å². The molecule has 0 unspecified atom stereocenters. The van der Waals surface area contributed by atoms with Crippen molar-refractivity contribution in [2.75, 3.05) is 5.73 Å². The molecule has 2 N–H and O–H groups in total. The van der Waals surface area contributed by atoms with Crippen molar-refractivity contribution in [3.05, 3.63) is 29.4 Å². The Bertz CT molecular complexity index is 711. The van der Waals surface area contributed by atoms with Gasteiger partial charge in [0, 0.05) is 12.2 Å². The maximum Gasteiger partial charge on any atom is 0.153 e. The number of nitrogens with zero attached hydrogens (tertiary/aromatic N) is 3. The van der Waals surface area contributed by atoms with E-state index >= 15 is 0 Å². The molecule has 0 fully saturated rings. The Balaban J connectivity index is 2.33. The van der Waals surface area contributed by atoms with Crippen LogP contribution < -0.4 is 5.73 Å². The van der Waals surface area contributed by atoms with Gasteiger partial charge >= 0.3 is 0 Å². The quantitative estimate of drug-likeness (QED) is 0.719. The number of nitrogen functional groups attached to an aromatic ring is 1. The molecule has 1 aromatic carbocycles. The number of aromatic nitrogens is 3. The molecule has 0 atom stereocenters. The lowest BCUT2D eigenvalue weighted by Gasteiger charge is -2.04. The Labute approximate surface area is 109 Å². The minimum absolute atomic E-state index is 0.768. The standard InChI is InChI=1S/C13H14N4S/c1-3-17-11-6-9(14)4-5-10(11)16-13(17)12-8(2)15-7-18-12/h4-7H,3,14H2,1-2H3. The molecule has 4 nitrogen and oxygen atoms in total. The highest BCUT2D eigenvalue weighted by atomic mass is 32.1. The smallest absolute Gasteiger partial charge is 0.153 e. The third kappa shape index (κ3) is 1.59. The molecule has 5 heteroatoms. The molecule has 0 aliphatic rings. The molecule has 92 valence electrons. The topological polar surface area (TPSA) is 56.7 Å². The van der Waals surface area contributed by atoms with Crippen LogP contribution in [0.5, 0.6) is 0 Å². The Hall–Kier alpha value is -1.88. The van der Waals surface area contributed by atoms with Crippen molar-refractivity contribution in [2.45, 2.75) is 20.4 Å². The van der Waals surface area contributed by atoms with Crippen molar-refractivity contribution in [3.63, 3.8) is 0 Å². The second-order valence-electron chi connectivity index (χ2n) is 4.19. The Morgan fingerprint density at radius 1 is 1.39 bits per heavy atom. The zero-order valence-corrected chi connectivity index (χ0v) is 11.2. The third-order valence-corrected chi connectivity index (χ3v) is 3.96. The highest BCUT2D eigenvalue weighted by Crippen LogP contribution is 2.30. The van der Waals surface area contributed by atoms with E-state index < -0.39 is 0 Å². The Morgan fingerprint density at radius 2 is 2.22 bits per heavy atom. The first-order valence-corrected chi connectivity index (χ1v) is 6.75. The van der Waals surface area contributed by atoms with Crippen LogP contribution in [0, 0.1) is 6.92 Å². The molecule has 3 rings (SSSR count). The SMILES string of the molecule is CCn1c(-c2scnc2C)nc2ccc(N)cc21. The van der Waals surface area contributed by atoms with E-state index in [9.17, 15) is 0 Å². The monoisotopic (exact) mass is 258 g/mol. The van der Waals surface area contributed by atoms with E-state index in [1.54, 1.807) is 11.3 Å². The van der Waals surface area contributed by atoms with Gasteiger partial charge in [0.2, 0.25) is 0 Å². The largest absolute Gasteiger partial charge is 0.399 e. The van der Waals surface area contributed by atoms with Gasteiger partial charge in [-0.1, -0.05) is 0 Å². The number of hydrogen-bond acceptors (Lipinski definition) is 4. The van der Waals surface area contributed by atoms with Crippen LogP contribution in [0.3, 0.4) is 0 Å². The summed E-state index contributed by atoms with van der Waals surface area (Å²) in [5, 5.41) is 0. The molecule has 0 saturated heterocycles. The van der Waals surface area contributed by atoms with Gasteiger partial charge in [-0.15, -0.1) is 11.3 Å². The molecular weight excluding hydrogens is 244 g/mol. The van der Waals surface area contributed by atoms with E-state index in [0.29, 0.717) is 0 Å². The first-order valence-electron chi connectivity index (χ1n) is 5.87. The van der Waals surface area contributed by atoms with E-state index in [1.165, 1.54) is 0 Å². The Morgan fingerprint density at radius 3 is 2.89 bits per heavy atom. The first-order chi connectivity index (χ1) is 8.70. The lowest BCUT2D eigenvalue weighted by atomic mass is 10.3. The number of nitrogens with two attached hydrogens (primary N) is 1. The van der Waals surface area contributed by atoms with Crippen LogP contribution in [0.2, 0.25) is 0 Å².